The molecule has 1 aliphatic heterocycles. The Balaban J connectivity index is 1.95. The predicted octanol–water partition coefficient (Wildman–Crippen LogP) is 1.66. The number of carbonyl (C=O) groups excluding carboxylic acids is 2. The van der Waals surface area contributed by atoms with Gasteiger partial charge in [0, 0.05) is 13.1 Å². The average Bonchev–Trinajstić information content (AvgIpc) is 2.51. The van der Waals surface area contributed by atoms with Gasteiger partial charge in [0.05, 0.1) is 18.0 Å². The number of nitrogens with one attached hydrogen (secondary N) is 1. The van der Waals surface area contributed by atoms with Crippen molar-refractivity contribution in [1.29, 1.82) is 0 Å². The summed E-state index contributed by atoms with van der Waals surface area (Å²) in [6.45, 7) is 0.867. The van der Waals surface area contributed by atoms with Crippen molar-refractivity contribution in [3.05, 3.63) is 35.1 Å². The number of likely N-dealkylation sites (tertiary alicyclic amines) is 1. The van der Waals surface area contributed by atoms with E-state index in [0.29, 0.717) is 32.0 Å². The quantitative estimate of drug-likeness (QED) is 0.784. The number of piperidine rings is 1. The monoisotopic (exact) mass is 361 g/mol. The Kier molecular flexibility index (Phi) is 5.99. The fraction of sp³-hybridized carbons (Fsp3) is 0.500. The lowest BCUT2D eigenvalue weighted by atomic mass is 9.97. The largest absolute Gasteiger partial charge is 0.416 e. The molecule has 0 saturated carbocycles. The zero-order chi connectivity index (χ0) is 18.6. The number of hydrogen-bond donors (Lipinski definition) is 2. The number of carbonyl (C=O) groups is 2. The van der Waals surface area contributed by atoms with Gasteiger partial charge in [0.15, 0.2) is 0 Å². The van der Waals surface area contributed by atoms with Gasteiger partial charge in [0.2, 0.25) is 11.8 Å². The van der Waals surface area contributed by atoms with Crippen LogP contribution in [0.15, 0.2) is 18.2 Å². The Morgan fingerprint density at radius 2 is 2.00 bits per heavy atom. The van der Waals surface area contributed by atoms with Gasteiger partial charge in [0.25, 0.3) is 0 Å². The number of primary amides is 1. The third kappa shape index (κ3) is 5.70. The highest BCUT2D eigenvalue weighted by Crippen LogP contribution is 2.30. The molecule has 0 bridgehead atoms. The molecule has 5 nitrogen and oxygen atoms in total. The minimum absolute atomic E-state index is 0.0328. The van der Waals surface area contributed by atoms with Crippen LogP contribution < -0.4 is 11.1 Å². The molecule has 9 heteroatoms. The van der Waals surface area contributed by atoms with E-state index in [1.54, 1.807) is 4.90 Å². The molecule has 1 fully saturated rings. The molecule has 1 atom stereocenters. The average molecular weight is 361 g/mol. The van der Waals surface area contributed by atoms with Crippen molar-refractivity contribution in [2.45, 2.75) is 25.6 Å². The van der Waals surface area contributed by atoms with E-state index >= 15 is 0 Å². The molecule has 1 unspecified atom stereocenters. The van der Waals surface area contributed by atoms with E-state index < -0.39 is 23.5 Å². The fourth-order valence-corrected chi connectivity index (χ4v) is 2.88. The SMILES string of the molecule is NC(=O)CN1CCCC(C(=O)NCc2cc(F)cc(C(F)(F)F)c2)C1. The standard InChI is InChI=1S/C16H19F4N3O2/c17-13-5-10(4-12(6-13)16(18,19)20)7-22-15(25)11-2-1-3-23(8-11)9-14(21)24/h4-6,11H,1-3,7-9H2,(H2,21,24)(H,22,25). The maximum Gasteiger partial charge on any atom is 0.416 e. The number of nitrogens with zero attached hydrogens (tertiary/aromatic N) is 1. The summed E-state index contributed by atoms with van der Waals surface area (Å²) in [6.07, 6.45) is -3.33. The molecule has 1 aromatic rings. The summed E-state index contributed by atoms with van der Waals surface area (Å²) in [5, 5.41) is 2.53. The van der Waals surface area contributed by atoms with Crippen LogP contribution in [0.2, 0.25) is 0 Å². The first kappa shape index (κ1) is 19.2. The molecule has 2 rings (SSSR count). The van der Waals surface area contributed by atoms with E-state index in [4.69, 9.17) is 5.73 Å². The van der Waals surface area contributed by atoms with Gasteiger partial charge in [-0.15, -0.1) is 0 Å². The van der Waals surface area contributed by atoms with Crippen molar-refractivity contribution >= 4 is 11.8 Å². The summed E-state index contributed by atoms with van der Waals surface area (Å²) in [7, 11) is 0. The lowest BCUT2D eigenvalue weighted by Gasteiger charge is -2.31. The van der Waals surface area contributed by atoms with E-state index in [2.05, 4.69) is 5.32 Å². The molecule has 3 N–H and O–H groups in total. The second-order valence-corrected chi connectivity index (χ2v) is 6.10. The Bertz CT molecular complexity index is 649. The van der Waals surface area contributed by atoms with Crippen LogP contribution in [0.3, 0.4) is 0 Å². The summed E-state index contributed by atoms with van der Waals surface area (Å²) in [5.41, 5.74) is 4.07. The van der Waals surface area contributed by atoms with Gasteiger partial charge in [-0.25, -0.2) is 4.39 Å². The van der Waals surface area contributed by atoms with Crippen molar-refractivity contribution in [2.24, 2.45) is 11.7 Å². The van der Waals surface area contributed by atoms with Crippen molar-refractivity contribution < 1.29 is 27.2 Å². The molecule has 1 saturated heterocycles. The smallest absolute Gasteiger partial charge is 0.369 e. The van der Waals surface area contributed by atoms with Gasteiger partial charge in [-0.05, 0) is 43.1 Å². The first-order valence-corrected chi connectivity index (χ1v) is 7.80. The molecule has 25 heavy (non-hydrogen) atoms. The maximum atomic E-state index is 13.3. The molecular weight excluding hydrogens is 342 g/mol. The maximum absolute atomic E-state index is 13.3. The van der Waals surface area contributed by atoms with Crippen molar-refractivity contribution in [2.75, 3.05) is 19.6 Å². The molecule has 0 aliphatic carbocycles. The number of benzene rings is 1. The first-order valence-electron chi connectivity index (χ1n) is 7.80. The fourth-order valence-electron chi connectivity index (χ4n) is 2.88. The zero-order valence-electron chi connectivity index (χ0n) is 13.4. The van der Waals surface area contributed by atoms with Gasteiger partial charge < -0.3 is 11.1 Å². The molecule has 0 spiro atoms. The van der Waals surface area contributed by atoms with Crippen LogP contribution in [0.4, 0.5) is 17.6 Å². The Hall–Kier alpha value is -2.16. The second-order valence-electron chi connectivity index (χ2n) is 6.10. The highest BCUT2D eigenvalue weighted by molar-refractivity contribution is 5.79. The summed E-state index contributed by atoms with van der Waals surface area (Å²) in [6, 6.07) is 2.17. The van der Waals surface area contributed by atoms with Crippen LogP contribution in [0.25, 0.3) is 0 Å². The van der Waals surface area contributed by atoms with Crippen LogP contribution in [-0.2, 0) is 22.3 Å². The van der Waals surface area contributed by atoms with Crippen molar-refractivity contribution in [1.82, 2.24) is 10.2 Å². The number of rotatable bonds is 5. The number of halogens is 4. The second kappa shape index (κ2) is 7.81. The van der Waals surface area contributed by atoms with Gasteiger partial charge >= 0.3 is 6.18 Å². The summed E-state index contributed by atoms with van der Waals surface area (Å²) < 4.78 is 51.4. The molecule has 0 aromatic heterocycles. The summed E-state index contributed by atoms with van der Waals surface area (Å²) >= 11 is 0. The minimum atomic E-state index is -4.65. The number of alkyl halides is 3. The van der Waals surface area contributed by atoms with E-state index in [9.17, 15) is 27.2 Å². The van der Waals surface area contributed by atoms with Crippen LogP contribution >= 0.6 is 0 Å². The molecule has 1 heterocycles. The Morgan fingerprint density at radius 1 is 1.28 bits per heavy atom. The molecule has 2 amide bonds. The summed E-state index contributed by atoms with van der Waals surface area (Å²) in [5.74, 6) is -2.22. The van der Waals surface area contributed by atoms with Crippen LogP contribution in [0.1, 0.15) is 24.0 Å². The third-order valence-corrected chi connectivity index (χ3v) is 4.01. The van der Waals surface area contributed by atoms with Gasteiger partial charge in [-0.3, -0.25) is 14.5 Å². The topological polar surface area (TPSA) is 75.4 Å². The van der Waals surface area contributed by atoms with Gasteiger partial charge in [-0.1, -0.05) is 0 Å². The molecule has 1 aromatic carbocycles. The Labute approximate surface area is 142 Å². The summed E-state index contributed by atoms with van der Waals surface area (Å²) in [4.78, 5) is 24.9. The van der Waals surface area contributed by atoms with Crippen LogP contribution in [-0.4, -0.2) is 36.3 Å². The van der Waals surface area contributed by atoms with Crippen LogP contribution in [0.5, 0.6) is 0 Å². The normalized spacial score (nSPS) is 18.8. The highest BCUT2D eigenvalue weighted by atomic mass is 19.4. The number of hydrogen-bond acceptors (Lipinski definition) is 3. The van der Waals surface area contributed by atoms with Crippen LogP contribution in [0, 0.1) is 11.7 Å². The molecule has 1 aliphatic rings. The first-order chi connectivity index (χ1) is 11.6. The lowest BCUT2D eigenvalue weighted by molar-refractivity contribution is -0.137. The molecule has 138 valence electrons. The van der Waals surface area contributed by atoms with E-state index in [-0.39, 0.29) is 30.5 Å². The molecular formula is C16H19F4N3O2. The highest BCUT2D eigenvalue weighted by Gasteiger charge is 2.31. The van der Waals surface area contributed by atoms with E-state index in [1.165, 1.54) is 0 Å². The number of amides is 2. The molecule has 0 radical (unpaired) electrons. The third-order valence-electron chi connectivity index (χ3n) is 4.01. The Morgan fingerprint density at radius 3 is 2.64 bits per heavy atom. The number of nitrogens with two attached hydrogens (primary N) is 1. The van der Waals surface area contributed by atoms with Gasteiger partial charge in [-0.2, -0.15) is 13.2 Å². The van der Waals surface area contributed by atoms with Crippen molar-refractivity contribution in [3.8, 4) is 0 Å². The zero-order valence-corrected chi connectivity index (χ0v) is 13.4. The van der Waals surface area contributed by atoms with E-state index in [0.717, 1.165) is 12.1 Å². The lowest BCUT2D eigenvalue weighted by Crippen LogP contribution is -2.45. The minimum Gasteiger partial charge on any atom is -0.369 e. The van der Waals surface area contributed by atoms with Crippen molar-refractivity contribution in [3.63, 3.8) is 0 Å². The predicted molar refractivity (Wildman–Crippen MR) is 81.6 cm³/mol. The van der Waals surface area contributed by atoms with E-state index in [1.807, 2.05) is 0 Å². The van der Waals surface area contributed by atoms with Gasteiger partial charge in [0.1, 0.15) is 5.82 Å².